The van der Waals surface area contributed by atoms with E-state index in [0.717, 1.165) is 16.7 Å². The molecular weight excluding hydrogens is 504 g/mol. The van der Waals surface area contributed by atoms with Gasteiger partial charge in [-0.25, -0.2) is 9.18 Å². The fourth-order valence-electron chi connectivity index (χ4n) is 2.84. The largest absolute Gasteiger partial charge is 0.464 e. The van der Waals surface area contributed by atoms with Crippen molar-refractivity contribution < 1.29 is 32.2 Å². The molecule has 0 saturated heterocycles. The summed E-state index contributed by atoms with van der Waals surface area (Å²) in [6.07, 6.45) is -7.37. The number of aliphatic hydroxyl groups is 1. The number of H-pyrrole nitrogens is 1. The van der Waals surface area contributed by atoms with Gasteiger partial charge in [-0.3, -0.25) is 14.2 Å². The van der Waals surface area contributed by atoms with E-state index in [0.29, 0.717) is 17.7 Å². The number of carbonyl (C=O) groups excluding carboxylic acids is 1. The summed E-state index contributed by atoms with van der Waals surface area (Å²) in [6, 6.07) is 2.69. The van der Waals surface area contributed by atoms with Crippen LogP contribution in [0.4, 0.5) is 23.4 Å². The molecule has 3 aromatic heterocycles. The van der Waals surface area contributed by atoms with E-state index in [1.807, 2.05) is 0 Å². The van der Waals surface area contributed by atoms with Crippen LogP contribution in [0.5, 0.6) is 5.88 Å². The van der Waals surface area contributed by atoms with Crippen molar-refractivity contribution in [2.45, 2.75) is 39.3 Å². The number of aromatic amines is 1. The van der Waals surface area contributed by atoms with Crippen LogP contribution in [-0.2, 0) is 13.2 Å². The molecule has 3 aromatic rings. The Labute approximate surface area is 197 Å². The van der Waals surface area contributed by atoms with E-state index in [-0.39, 0.29) is 23.2 Å². The third kappa shape index (κ3) is 5.35. The minimum absolute atomic E-state index is 0.0430. The molecule has 0 spiro atoms. The summed E-state index contributed by atoms with van der Waals surface area (Å²) in [5.74, 6) is -4.87. The van der Waals surface area contributed by atoms with Crippen LogP contribution in [0.2, 0.25) is 5.02 Å². The van der Waals surface area contributed by atoms with E-state index in [2.05, 4.69) is 20.4 Å². The maximum atomic E-state index is 15.0. The lowest BCUT2D eigenvalue weighted by atomic mass is 10.2. The lowest BCUT2D eigenvalue weighted by Crippen LogP contribution is -2.33. The van der Waals surface area contributed by atoms with Gasteiger partial charge in [0.1, 0.15) is 18.0 Å². The van der Waals surface area contributed by atoms with E-state index in [1.165, 1.54) is 0 Å². The summed E-state index contributed by atoms with van der Waals surface area (Å²) in [5, 5.41) is 15.1. The Hall–Kier alpha value is -3.72. The van der Waals surface area contributed by atoms with Crippen LogP contribution < -0.4 is 21.3 Å². The first-order chi connectivity index (χ1) is 16.4. The van der Waals surface area contributed by atoms with Crippen LogP contribution in [0.15, 0.2) is 27.8 Å². The van der Waals surface area contributed by atoms with E-state index < -0.39 is 59.1 Å². The smallest absolute Gasteiger partial charge is 0.425 e. The molecule has 1 amide bonds. The van der Waals surface area contributed by atoms with Gasteiger partial charge in [0.05, 0.1) is 5.02 Å². The number of nitrogens with one attached hydrogen (secondary N) is 2. The van der Waals surface area contributed by atoms with E-state index in [1.54, 1.807) is 6.92 Å². The number of alkyl halides is 3. The van der Waals surface area contributed by atoms with Gasteiger partial charge in [-0.05, 0) is 26.0 Å². The van der Waals surface area contributed by atoms with Gasteiger partial charge in [0.2, 0.25) is 11.4 Å². The highest BCUT2D eigenvalue weighted by Crippen LogP contribution is 2.29. The minimum Gasteiger partial charge on any atom is -0.464 e. The third-order valence-corrected chi connectivity index (χ3v) is 4.94. The molecular formula is C19H17ClF4N6O5. The quantitative estimate of drug-likeness (QED) is 0.404. The molecule has 0 aliphatic heterocycles. The zero-order chi connectivity index (χ0) is 26.1. The summed E-state index contributed by atoms with van der Waals surface area (Å²) < 4.78 is 60.6. The van der Waals surface area contributed by atoms with E-state index in [9.17, 15) is 37.1 Å². The van der Waals surface area contributed by atoms with Gasteiger partial charge >= 0.3 is 11.9 Å². The zero-order valence-electron chi connectivity index (χ0n) is 18.0. The second kappa shape index (κ2) is 9.87. The SMILES string of the molecule is CCn1c(CO)nn(-c2nc(O[C@@H](C)C(F)(F)F)c(C(=O)Nc3[nH]c(=O)ccc3Cl)cc2F)c1=O. The summed E-state index contributed by atoms with van der Waals surface area (Å²) >= 11 is 5.89. The van der Waals surface area contributed by atoms with Crippen molar-refractivity contribution in [1.29, 1.82) is 0 Å². The number of halogens is 5. The second-order valence-corrected chi connectivity index (χ2v) is 7.37. The van der Waals surface area contributed by atoms with Gasteiger partial charge in [-0.2, -0.15) is 22.8 Å². The minimum atomic E-state index is -4.89. The lowest BCUT2D eigenvalue weighted by molar-refractivity contribution is -0.190. The maximum Gasteiger partial charge on any atom is 0.425 e. The molecule has 0 radical (unpaired) electrons. The number of hydrogen-bond donors (Lipinski definition) is 3. The molecule has 0 aliphatic rings. The van der Waals surface area contributed by atoms with Crippen molar-refractivity contribution in [1.82, 2.24) is 24.3 Å². The summed E-state index contributed by atoms with van der Waals surface area (Å²) in [4.78, 5) is 42.7. The number of amides is 1. The van der Waals surface area contributed by atoms with Crippen LogP contribution >= 0.6 is 11.6 Å². The average Bonchev–Trinajstić information content (AvgIpc) is 3.11. The van der Waals surface area contributed by atoms with Crippen LogP contribution in [0.1, 0.15) is 30.0 Å². The van der Waals surface area contributed by atoms with Crippen molar-refractivity contribution in [2.24, 2.45) is 0 Å². The molecule has 11 nitrogen and oxygen atoms in total. The predicted octanol–water partition coefficient (Wildman–Crippen LogP) is 2.00. The molecule has 0 unspecified atom stereocenters. The van der Waals surface area contributed by atoms with Crippen molar-refractivity contribution in [2.75, 3.05) is 5.32 Å². The number of pyridine rings is 2. The molecule has 3 N–H and O–H groups in total. The van der Waals surface area contributed by atoms with Crippen LogP contribution in [0, 0.1) is 5.82 Å². The Bertz CT molecular complexity index is 1380. The Morgan fingerprint density at radius 3 is 2.60 bits per heavy atom. The van der Waals surface area contributed by atoms with Crippen LogP contribution in [-0.4, -0.2) is 47.6 Å². The van der Waals surface area contributed by atoms with Crippen molar-refractivity contribution in [3.63, 3.8) is 0 Å². The number of aliphatic hydroxyl groups excluding tert-OH is 1. The number of aromatic nitrogens is 5. The predicted molar refractivity (Wildman–Crippen MR) is 113 cm³/mol. The highest BCUT2D eigenvalue weighted by molar-refractivity contribution is 6.33. The Morgan fingerprint density at radius 1 is 1.34 bits per heavy atom. The van der Waals surface area contributed by atoms with Crippen molar-refractivity contribution >= 4 is 23.3 Å². The summed E-state index contributed by atoms with van der Waals surface area (Å²) in [5.41, 5.74) is -2.39. The fourth-order valence-corrected chi connectivity index (χ4v) is 2.99. The number of anilines is 1. The van der Waals surface area contributed by atoms with Gasteiger partial charge in [0, 0.05) is 12.6 Å². The highest BCUT2D eigenvalue weighted by Gasteiger charge is 2.39. The first kappa shape index (κ1) is 25.9. The highest BCUT2D eigenvalue weighted by atomic mass is 35.5. The molecule has 188 valence electrons. The van der Waals surface area contributed by atoms with Crippen molar-refractivity contribution in [3.05, 3.63) is 61.3 Å². The summed E-state index contributed by atoms with van der Waals surface area (Å²) in [7, 11) is 0. The monoisotopic (exact) mass is 520 g/mol. The maximum absolute atomic E-state index is 15.0. The van der Waals surface area contributed by atoms with Gasteiger partial charge in [-0.1, -0.05) is 11.6 Å². The molecule has 35 heavy (non-hydrogen) atoms. The Balaban J connectivity index is 2.15. The molecule has 3 heterocycles. The molecule has 0 bridgehead atoms. The molecule has 0 fully saturated rings. The normalized spacial score (nSPS) is 12.5. The number of rotatable bonds is 7. The lowest BCUT2D eigenvalue weighted by Gasteiger charge is -2.19. The Kier molecular flexibility index (Phi) is 7.30. The third-order valence-electron chi connectivity index (χ3n) is 4.62. The number of ether oxygens (including phenoxy) is 1. The average molecular weight is 521 g/mol. The standard InChI is InChI=1S/C19H17ClF4N6O5/c1-3-29-12(7-31)28-30(18(29)34)15-11(21)6-9(17(27-15)35-8(2)19(22,23)24)16(33)26-14-10(20)4-5-13(32)25-14/h4-6,8,31H,3,7H2,1-2H3,(H2,25,26,32,33)/t8-/m0/s1. The van der Waals surface area contributed by atoms with Gasteiger partial charge in [0.25, 0.3) is 5.91 Å². The fraction of sp³-hybridized carbons (Fsp3) is 0.316. The number of carbonyl (C=O) groups is 1. The Morgan fingerprint density at radius 2 is 2.03 bits per heavy atom. The van der Waals surface area contributed by atoms with Crippen LogP contribution in [0.3, 0.4) is 0 Å². The van der Waals surface area contributed by atoms with E-state index in [4.69, 9.17) is 16.3 Å². The van der Waals surface area contributed by atoms with Crippen molar-refractivity contribution in [3.8, 4) is 11.7 Å². The van der Waals surface area contributed by atoms with Gasteiger partial charge in [0.15, 0.2) is 23.6 Å². The number of hydrogen-bond acceptors (Lipinski definition) is 7. The molecule has 16 heteroatoms. The number of nitrogens with zero attached hydrogens (tertiary/aromatic N) is 4. The first-order valence-electron chi connectivity index (χ1n) is 9.81. The molecule has 0 aliphatic carbocycles. The van der Waals surface area contributed by atoms with Crippen LogP contribution in [0.25, 0.3) is 5.82 Å². The topological polar surface area (TPSA) is 144 Å². The zero-order valence-corrected chi connectivity index (χ0v) is 18.7. The first-order valence-corrected chi connectivity index (χ1v) is 10.2. The van der Waals surface area contributed by atoms with E-state index >= 15 is 0 Å². The summed E-state index contributed by atoms with van der Waals surface area (Å²) in [6.45, 7) is 1.52. The molecule has 1 atom stereocenters. The second-order valence-electron chi connectivity index (χ2n) is 6.96. The molecule has 0 aromatic carbocycles. The molecule has 0 saturated carbocycles. The molecule has 3 rings (SSSR count). The van der Waals surface area contributed by atoms with Gasteiger partial charge < -0.3 is 20.1 Å². The van der Waals surface area contributed by atoms with Gasteiger partial charge in [-0.15, -0.1) is 5.10 Å².